The van der Waals surface area contributed by atoms with Gasteiger partial charge in [-0.1, -0.05) is 11.6 Å². The van der Waals surface area contributed by atoms with Crippen LogP contribution < -0.4 is 0 Å². The van der Waals surface area contributed by atoms with Crippen molar-refractivity contribution in [1.82, 2.24) is 0 Å². The largest absolute Gasteiger partial charge is 0.392 e. The number of aliphatic hydroxyl groups is 1. The average Bonchev–Trinajstić information content (AvgIpc) is 2.02. The molecule has 0 aliphatic carbocycles. The monoisotopic (exact) mass is 188 g/mol. The first-order chi connectivity index (χ1) is 5.57. The molecule has 0 aliphatic rings. The van der Waals surface area contributed by atoms with Crippen LogP contribution in [0.25, 0.3) is 0 Å². The van der Waals surface area contributed by atoms with Crippen LogP contribution in [-0.2, 0) is 6.61 Å². The van der Waals surface area contributed by atoms with Gasteiger partial charge in [0.05, 0.1) is 6.61 Å². The van der Waals surface area contributed by atoms with Gasteiger partial charge in [-0.2, -0.15) is 0 Å². The molecule has 12 heavy (non-hydrogen) atoms. The van der Waals surface area contributed by atoms with E-state index in [0.717, 1.165) is 0 Å². The Morgan fingerprint density at radius 2 is 2.08 bits per heavy atom. The smallest absolute Gasteiger partial charge is 0.131 e. The van der Waals surface area contributed by atoms with Crippen LogP contribution in [0.5, 0.6) is 0 Å². The van der Waals surface area contributed by atoms with E-state index < -0.39 is 0 Å². The van der Waals surface area contributed by atoms with Gasteiger partial charge in [0.1, 0.15) is 5.82 Å². The van der Waals surface area contributed by atoms with E-state index in [2.05, 4.69) is 0 Å². The van der Waals surface area contributed by atoms with Crippen LogP contribution in [0.15, 0.2) is 6.07 Å². The number of aliphatic hydroxyl groups excluding tert-OH is 1. The first-order valence-electron chi connectivity index (χ1n) is 3.63. The van der Waals surface area contributed by atoms with Gasteiger partial charge in [0.15, 0.2) is 0 Å². The Hall–Kier alpha value is -0.600. The van der Waals surface area contributed by atoms with Gasteiger partial charge in [0, 0.05) is 10.6 Å². The van der Waals surface area contributed by atoms with Crippen molar-refractivity contribution in [3.63, 3.8) is 0 Å². The van der Waals surface area contributed by atoms with Crippen molar-refractivity contribution < 1.29 is 9.50 Å². The van der Waals surface area contributed by atoms with Gasteiger partial charge in [-0.25, -0.2) is 4.39 Å². The first-order valence-corrected chi connectivity index (χ1v) is 4.00. The zero-order valence-corrected chi connectivity index (χ0v) is 7.74. The second kappa shape index (κ2) is 3.42. The lowest BCUT2D eigenvalue weighted by Gasteiger charge is -2.08. The SMILES string of the molecule is Cc1cc(Cl)c(C)c(CO)c1F. The van der Waals surface area contributed by atoms with E-state index >= 15 is 0 Å². The summed E-state index contributed by atoms with van der Waals surface area (Å²) in [5.41, 5.74) is 1.37. The van der Waals surface area contributed by atoms with Gasteiger partial charge in [0.25, 0.3) is 0 Å². The third-order valence-electron chi connectivity index (χ3n) is 1.92. The van der Waals surface area contributed by atoms with E-state index in [-0.39, 0.29) is 12.4 Å². The summed E-state index contributed by atoms with van der Waals surface area (Å²) in [5, 5.41) is 9.35. The molecule has 1 rings (SSSR count). The Labute approximate surface area is 75.8 Å². The van der Waals surface area contributed by atoms with Gasteiger partial charge in [0.2, 0.25) is 0 Å². The number of aryl methyl sites for hydroxylation is 1. The Morgan fingerprint density at radius 1 is 1.50 bits per heavy atom. The number of rotatable bonds is 1. The van der Waals surface area contributed by atoms with Crippen LogP contribution >= 0.6 is 11.6 Å². The topological polar surface area (TPSA) is 20.2 Å². The number of halogens is 2. The van der Waals surface area contributed by atoms with Gasteiger partial charge >= 0.3 is 0 Å². The lowest BCUT2D eigenvalue weighted by molar-refractivity contribution is 0.274. The zero-order valence-electron chi connectivity index (χ0n) is 6.99. The fourth-order valence-corrected chi connectivity index (χ4v) is 1.37. The molecule has 0 unspecified atom stereocenters. The fraction of sp³-hybridized carbons (Fsp3) is 0.333. The van der Waals surface area contributed by atoms with Crippen LogP contribution in [-0.4, -0.2) is 5.11 Å². The molecule has 3 heteroatoms. The maximum absolute atomic E-state index is 13.2. The minimum atomic E-state index is -0.362. The van der Waals surface area contributed by atoms with Crippen molar-refractivity contribution in [1.29, 1.82) is 0 Å². The minimum absolute atomic E-state index is 0.292. The molecule has 0 bridgehead atoms. The molecular formula is C9H10ClFO. The summed E-state index contributed by atoms with van der Waals surface area (Å²) in [6.07, 6.45) is 0. The summed E-state index contributed by atoms with van der Waals surface area (Å²) in [4.78, 5) is 0. The molecule has 1 nitrogen and oxygen atoms in total. The molecule has 0 atom stereocenters. The molecule has 1 aromatic rings. The first kappa shape index (κ1) is 9.49. The summed E-state index contributed by atoms with van der Waals surface area (Å²) in [6.45, 7) is 3.01. The molecule has 0 saturated heterocycles. The lowest BCUT2D eigenvalue weighted by atomic mass is 10.1. The number of hydrogen-bond acceptors (Lipinski definition) is 1. The quantitative estimate of drug-likeness (QED) is 0.718. The normalized spacial score (nSPS) is 10.4. The summed E-state index contributed by atoms with van der Waals surface area (Å²) >= 11 is 5.79. The standard InChI is InChI=1S/C9H10ClFO/c1-5-3-8(10)6(2)7(4-12)9(5)11/h3,12H,4H2,1-2H3. The van der Waals surface area contributed by atoms with Crippen LogP contribution in [0.4, 0.5) is 4.39 Å². The highest BCUT2D eigenvalue weighted by Crippen LogP contribution is 2.24. The average molecular weight is 189 g/mol. The van der Waals surface area contributed by atoms with Crippen LogP contribution in [0, 0.1) is 19.7 Å². The molecule has 66 valence electrons. The van der Waals surface area contributed by atoms with Crippen molar-refractivity contribution in [2.75, 3.05) is 0 Å². The Morgan fingerprint density at radius 3 is 2.58 bits per heavy atom. The maximum Gasteiger partial charge on any atom is 0.131 e. The van der Waals surface area contributed by atoms with Gasteiger partial charge in [-0.3, -0.25) is 0 Å². The van der Waals surface area contributed by atoms with Crippen molar-refractivity contribution >= 4 is 11.6 Å². The molecule has 0 aromatic heterocycles. The van der Waals surface area contributed by atoms with E-state index in [0.29, 0.717) is 21.7 Å². The molecule has 1 aromatic carbocycles. The maximum atomic E-state index is 13.2. The van der Waals surface area contributed by atoms with Crippen LogP contribution in [0.1, 0.15) is 16.7 Å². The van der Waals surface area contributed by atoms with E-state index in [1.54, 1.807) is 19.9 Å². The number of hydrogen-bond donors (Lipinski definition) is 1. The van der Waals surface area contributed by atoms with Gasteiger partial charge in [-0.15, -0.1) is 0 Å². The van der Waals surface area contributed by atoms with Crippen LogP contribution in [0.2, 0.25) is 5.02 Å². The van der Waals surface area contributed by atoms with Crippen molar-refractivity contribution in [2.45, 2.75) is 20.5 Å². The molecule has 1 N–H and O–H groups in total. The van der Waals surface area contributed by atoms with E-state index in [4.69, 9.17) is 16.7 Å². The Bertz CT molecular complexity index is 284. The molecule has 0 saturated carbocycles. The Balaban J connectivity index is 3.42. The highest BCUT2D eigenvalue weighted by Gasteiger charge is 2.10. The van der Waals surface area contributed by atoms with Gasteiger partial charge in [-0.05, 0) is 31.0 Å². The van der Waals surface area contributed by atoms with E-state index in [1.165, 1.54) is 0 Å². The van der Waals surface area contributed by atoms with Crippen molar-refractivity contribution in [3.05, 3.63) is 33.6 Å². The molecule has 0 heterocycles. The fourth-order valence-electron chi connectivity index (χ4n) is 1.10. The lowest BCUT2D eigenvalue weighted by Crippen LogP contribution is -1.97. The summed E-state index contributed by atoms with van der Waals surface area (Å²) in [5.74, 6) is -0.362. The predicted molar refractivity (Wildman–Crippen MR) is 46.8 cm³/mol. The third-order valence-corrected chi connectivity index (χ3v) is 2.32. The van der Waals surface area contributed by atoms with Crippen LogP contribution in [0.3, 0.4) is 0 Å². The number of benzene rings is 1. The molecule has 0 fully saturated rings. The predicted octanol–water partition coefficient (Wildman–Crippen LogP) is 2.59. The van der Waals surface area contributed by atoms with E-state index in [9.17, 15) is 4.39 Å². The molecule has 0 amide bonds. The molecule has 0 aliphatic heterocycles. The minimum Gasteiger partial charge on any atom is -0.392 e. The molecule has 0 radical (unpaired) electrons. The van der Waals surface area contributed by atoms with Gasteiger partial charge < -0.3 is 5.11 Å². The van der Waals surface area contributed by atoms with E-state index in [1.807, 2.05) is 0 Å². The highest BCUT2D eigenvalue weighted by molar-refractivity contribution is 6.31. The summed E-state index contributed by atoms with van der Waals surface area (Å²) in [7, 11) is 0. The molecule has 0 spiro atoms. The zero-order chi connectivity index (χ0) is 9.30. The second-order valence-electron chi connectivity index (χ2n) is 2.75. The highest BCUT2D eigenvalue weighted by atomic mass is 35.5. The summed E-state index contributed by atoms with van der Waals surface area (Å²) < 4.78 is 13.2. The third kappa shape index (κ3) is 1.45. The molecular weight excluding hydrogens is 179 g/mol. The van der Waals surface area contributed by atoms with Crippen molar-refractivity contribution in [2.24, 2.45) is 0 Å². The van der Waals surface area contributed by atoms with Crippen molar-refractivity contribution in [3.8, 4) is 0 Å². The Kier molecular flexibility index (Phi) is 2.70. The summed E-state index contributed by atoms with van der Waals surface area (Å²) in [6, 6.07) is 1.56. The second-order valence-corrected chi connectivity index (χ2v) is 3.16.